The first-order valence-corrected chi connectivity index (χ1v) is 13.0. The van der Waals surface area contributed by atoms with Crippen LogP contribution >= 0.6 is 0 Å². The molecule has 0 aliphatic carbocycles. The van der Waals surface area contributed by atoms with E-state index >= 15 is 0 Å². The van der Waals surface area contributed by atoms with E-state index in [4.69, 9.17) is 4.74 Å². The van der Waals surface area contributed by atoms with Crippen LogP contribution in [0.3, 0.4) is 0 Å². The standard InChI is InChI=1S/C29H36FN5O3/c1-5-25(36)23-16-22(27(30)26(17-23)38-4)9-8-20-18-32-29(33-19-20)34-24-12-10-21(11-13-24)28(37)31-14-15-35(6-2)7-3/h10-13,16-19H,5-9,14-15H2,1-4H3,(H,31,37)(H,32,33,34). The van der Waals surface area contributed by atoms with Crippen LogP contribution < -0.4 is 15.4 Å². The maximum Gasteiger partial charge on any atom is 0.251 e. The van der Waals surface area contributed by atoms with Gasteiger partial charge in [-0.2, -0.15) is 0 Å². The van der Waals surface area contributed by atoms with Gasteiger partial charge in [-0.15, -0.1) is 0 Å². The molecule has 1 aromatic heterocycles. The summed E-state index contributed by atoms with van der Waals surface area (Å²) in [5, 5.41) is 6.07. The highest BCUT2D eigenvalue weighted by molar-refractivity contribution is 5.96. The highest BCUT2D eigenvalue weighted by Gasteiger charge is 2.15. The average molecular weight is 522 g/mol. The number of ether oxygens (including phenoxy) is 1. The van der Waals surface area contributed by atoms with Gasteiger partial charge in [0, 0.05) is 48.7 Å². The molecule has 3 aromatic rings. The van der Waals surface area contributed by atoms with Crippen LogP contribution in [0.5, 0.6) is 5.75 Å². The smallest absolute Gasteiger partial charge is 0.251 e. The van der Waals surface area contributed by atoms with Gasteiger partial charge in [-0.3, -0.25) is 9.59 Å². The second-order valence-corrected chi connectivity index (χ2v) is 8.83. The molecule has 202 valence electrons. The Kier molecular flexibility index (Phi) is 10.7. The van der Waals surface area contributed by atoms with E-state index < -0.39 is 5.82 Å². The number of anilines is 2. The Balaban J connectivity index is 1.55. The van der Waals surface area contributed by atoms with Crippen molar-refractivity contribution < 1.29 is 18.7 Å². The number of nitrogens with zero attached hydrogens (tertiary/aromatic N) is 3. The molecule has 0 unspecified atom stereocenters. The molecular weight excluding hydrogens is 485 g/mol. The Hall–Kier alpha value is -3.85. The van der Waals surface area contributed by atoms with E-state index in [2.05, 4.69) is 39.3 Å². The molecule has 2 N–H and O–H groups in total. The number of ketones is 1. The lowest BCUT2D eigenvalue weighted by Crippen LogP contribution is -2.34. The molecule has 0 fully saturated rings. The van der Waals surface area contributed by atoms with Crippen molar-refractivity contribution >= 4 is 23.3 Å². The second-order valence-electron chi connectivity index (χ2n) is 8.83. The number of halogens is 1. The van der Waals surface area contributed by atoms with Gasteiger partial charge >= 0.3 is 0 Å². The molecule has 8 nitrogen and oxygen atoms in total. The third-order valence-corrected chi connectivity index (χ3v) is 6.38. The third kappa shape index (κ3) is 7.82. The topological polar surface area (TPSA) is 96.5 Å². The average Bonchev–Trinajstić information content (AvgIpc) is 2.95. The number of benzene rings is 2. The van der Waals surface area contributed by atoms with Crippen molar-refractivity contribution in [2.24, 2.45) is 0 Å². The number of likely N-dealkylation sites (N-methyl/N-ethyl adjacent to an activating group) is 1. The fraction of sp³-hybridized carbons (Fsp3) is 0.379. The van der Waals surface area contributed by atoms with Crippen molar-refractivity contribution in [3.8, 4) is 5.75 Å². The van der Waals surface area contributed by atoms with Crippen LogP contribution in [0.2, 0.25) is 0 Å². The van der Waals surface area contributed by atoms with E-state index in [1.165, 1.54) is 13.2 Å². The quantitative estimate of drug-likeness (QED) is 0.294. The first-order chi connectivity index (χ1) is 18.4. The Morgan fingerprint density at radius 3 is 2.26 bits per heavy atom. The lowest BCUT2D eigenvalue weighted by atomic mass is 10.00. The zero-order chi connectivity index (χ0) is 27.5. The van der Waals surface area contributed by atoms with Crippen LogP contribution in [0.25, 0.3) is 0 Å². The number of amides is 1. The van der Waals surface area contributed by atoms with Crippen molar-refractivity contribution in [1.29, 1.82) is 0 Å². The first kappa shape index (κ1) is 28.7. The second kappa shape index (κ2) is 14.2. The molecule has 1 amide bonds. The summed E-state index contributed by atoms with van der Waals surface area (Å²) in [6, 6.07) is 10.2. The number of nitrogens with one attached hydrogen (secondary N) is 2. The van der Waals surface area contributed by atoms with Gasteiger partial charge in [-0.25, -0.2) is 14.4 Å². The fourth-order valence-corrected chi connectivity index (χ4v) is 3.98. The van der Waals surface area contributed by atoms with Crippen LogP contribution in [0.4, 0.5) is 16.0 Å². The molecule has 1 heterocycles. The maximum absolute atomic E-state index is 14.7. The van der Waals surface area contributed by atoms with Gasteiger partial charge in [0.2, 0.25) is 5.95 Å². The number of Topliss-reactive ketones (excluding diaryl/α,β-unsaturated/α-hetero) is 1. The minimum atomic E-state index is -0.458. The molecule has 3 rings (SSSR count). The molecular formula is C29H36FN5O3. The Bertz CT molecular complexity index is 1210. The maximum atomic E-state index is 14.7. The largest absolute Gasteiger partial charge is 0.494 e. The zero-order valence-electron chi connectivity index (χ0n) is 22.5. The third-order valence-electron chi connectivity index (χ3n) is 6.38. The van der Waals surface area contributed by atoms with Crippen LogP contribution in [-0.4, -0.2) is 59.8 Å². The summed E-state index contributed by atoms with van der Waals surface area (Å²) in [5.74, 6) is -0.151. The number of methoxy groups -OCH3 is 1. The van der Waals surface area contributed by atoms with E-state index in [0.717, 1.165) is 30.9 Å². The van der Waals surface area contributed by atoms with E-state index in [1.54, 1.807) is 49.6 Å². The monoisotopic (exact) mass is 521 g/mol. The number of hydrogen-bond acceptors (Lipinski definition) is 7. The molecule has 0 aliphatic rings. The lowest BCUT2D eigenvalue weighted by Gasteiger charge is -2.18. The number of rotatable bonds is 14. The van der Waals surface area contributed by atoms with E-state index in [1.807, 2.05) is 0 Å². The van der Waals surface area contributed by atoms with Gasteiger partial charge in [0.15, 0.2) is 17.3 Å². The van der Waals surface area contributed by atoms with Gasteiger partial charge in [-0.05, 0) is 73.5 Å². The SMILES string of the molecule is CCC(=O)c1cc(CCc2cnc(Nc3ccc(C(=O)NCCN(CC)CC)cc3)nc2)c(F)c(OC)c1. The highest BCUT2D eigenvalue weighted by Crippen LogP contribution is 2.25. The number of aryl methyl sites for hydroxylation is 2. The molecule has 0 radical (unpaired) electrons. The molecule has 0 bridgehead atoms. The predicted molar refractivity (Wildman–Crippen MR) is 147 cm³/mol. The van der Waals surface area contributed by atoms with Crippen LogP contribution in [0, 0.1) is 5.82 Å². The summed E-state index contributed by atoms with van der Waals surface area (Å²) < 4.78 is 19.8. The Morgan fingerprint density at radius 2 is 1.66 bits per heavy atom. The Labute approximate surface area is 223 Å². The summed E-state index contributed by atoms with van der Waals surface area (Å²) in [7, 11) is 1.39. The number of aromatic nitrogens is 2. The molecule has 0 atom stereocenters. The van der Waals surface area contributed by atoms with Crippen LogP contribution in [-0.2, 0) is 12.8 Å². The van der Waals surface area contributed by atoms with E-state index in [0.29, 0.717) is 48.4 Å². The van der Waals surface area contributed by atoms with Crippen LogP contribution in [0.1, 0.15) is 59.0 Å². The van der Waals surface area contributed by atoms with Crippen molar-refractivity contribution in [3.05, 3.63) is 76.9 Å². The predicted octanol–water partition coefficient (Wildman–Crippen LogP) is 4.82. The van der Waals surface area contributed by atoms with Gasteiger partial charge < -0.3 is 20.3 Å². The first-order valence-electron chi connectivity index (χ1n) is 13.0. The molecule has 0 spiro atoms. The minimum Gasteiger partial charge on any atom is -0.494 e. The summed E-state index contributed by atoms with van der Waals surface area (Å²) in [6.07, 6.45) is 4.58. The summed E-state index contributed by atoms with van der Waals surface area (Å²) in [6.45, 7) is 9.31. The van der Waals surface area contributed by atoms with Gasteiger partial charge in [-0.1, -0.05) is 20.8 Å². The molecule has 2 aromatic carbocycles. The molecule has 0 saturated carbocycles. The van der Waals surface area contributed by atoms with Gasteiger partial charge in [0.1, 0.15) is 0 Å². The van der Waals surface area contributed by atoms with Crippen molar-refractivity contribution in [2.75, 3.05) is 38.6 Å². The van der Waals surface area contributed by atoms with Gasteiger partial charge in [0.25, 0.3) is 5.91 Å². The molecule has 38 heavy (non-hydrogen) atoms. The normalized spacial score (nSPS) is 10.9. The Morgan fingerprint density at radius 1 is 0.974 bits per heavy atom. The number of carbonyl (C=O) groups is 2. The zero-order valence-corrected chi connectivity index (χ0v) is 22.5. The number of hydrogen-bond donors (Lipinski definition) is 2. The van der Waals surface area contributed by atoms with Gasteiger partial charge in [0.05, 0.1) is 7.11 Å². The molecule has 0 saturated heterocycles. The van der Waals surface area contributed by atoms with Crippen LogP contribution in [0.15, 0.2) is 48.8 Å². The fourth-order valence-electron chi connectivity index (χ4n) is 3.98. The molecule has 0 aliphatic heterocycles. The molecule has 9 heteroatoms. The van der Waals surface area contributed by atoms with E-state index in [9.17, 15) is 14.0 Å². The summed E-state index contributed by atoms with van der Waals surface area (Å²) in [4.78, 5) is 35.5. The van der Waals surface area contributed by atoms with Crippen molar-refractivity contribution in [2.45, 2.75) is 40.0 Å². The van der Waals surface area contributed by atoms with Crippen molar-refractivity contribution in [3.63, 3.8) is 0 Å². The summed E-state index contributed by atoms with van der Waals surface area (Å²) >= 11 is 0. The minimum absolute atomic E-state index is 0.0627. The summed E-state index contributed by atoms with van der Waals surface area (Å²) in [5.41, 5.74) is 3.03. The lowest BCUT2D eigenvalue weighted by molar-refractivity contribution is 0.0947. The number of carbonyl (C=O) groups excluding carboxylic acids is 2. The highest BCUT2D eigenvalue weighted by atomic mass is 19.1. The van der Waals surface area contributed by atoms with E-state index in [-0.39, 0.29) is 17.4 Å². The van der Waals surface area contributed by atoms with Crippen molar-refractivity contribution in [1.82, 2.24) is 20.2 Å².